The van der Waals surface area contributed by atoms with E-state index < -0.39 is 0 Å². The minimum atomic E-state index is 0.0165. The Morgan fingerprint density at radius 3 is 2.75 bits per heavy atom. The molecule has 1 aliphatic carbocycles. The largest absolute Gasteiger partial charge is 0.373 e. The Balaban J connectivity index is 1.86. The second-order valence-corrected chi connectivity index (χ2v) is 5.66. The zero-order valence-electron chi connectivity index (χ0n) is 12.5. The highest BCUT2D eigenvalue weighted by Gasteiger charge is 2.22. The zero-order valence-corrected chi connectivity index (χ0v) is 12.5. The molecular weight excluding hydrogens is 250 g/mol. The third kappa shape index (κ3) is 3.95. The fourth-order valence-electron chi connectivity index (χ4n) is 2.98. The first-order valence-electron chi connectivity index (χ1n) is 7.67. The Morgan fingerprint density at radius 2 is 2.10 bits per heavy atom. The molecular formula is C16H25N3O. The van der Waals surface area contributed by atoms with Gasteiger partial charge in [0.2, 0.25) is 0 Å². The molecule has 110 valence electrons. The van der Waals surface area contributed by atoms with Crippen molar-refractivity contribution in [2.45, 2.75) is 51.5 Å². The van der Waals surface area contributed by atoms with Crippen LogP contribution in [0.15, 0.2) is 18.3 Å². The van der Waals surface area contributed by atoms with E-state index in [1.807, 2.05) is 0 Å². The molecule has 0 aromatic carbocycles. The molecule has 2 N–H and O–H groups in total. The predicted molar refractivity (Wildman–Crippen MR) is 81.9 cm³/mol. The smallest absolute Gasteiger partial charge is 0.251 e. The molecule has 0 bridgehead atoms. The van der Waals surface area contributed by atoms with Crippen molar-refractivity contribution in [3.05, 3.63) is 23.9 Å². The van der Waals surface area contributed by atoms with Crippen LogP contribution in [0, 0.1) is 5.92 Å². The number of nitrogens with one attached hydrogen (secondary N) is 2. The quantitative estimate of drug-likeness (QED) is 0.867. The van der Waals surface area contributed by atoms with E-state index in [2.05, 4.69) is 22.5 Å². The van der Waals surface area contributed by atoms with Crippen molar-refractivity contribution >= 4 is 11.7 Å². The van der Waals surface area contributed by atoms with Gasteiger partial charge in [0, 0.05) is 24.8 Å². The number of rotatable bonds is 5. The minimum Gasteiger partial charge on any atom is -0.373 e. The lowest BCUT2D eigenvalue weighted by molar-refractivity contribution is 0.0921. The molecule has 4 nitrogen and oxygen atoms in total. The molecule has 1 aromatic rings. The van der Waals surface area contributed by atoms with Gasteiger partial charge in [-0.3, -0.25) is 4.79 Å². The number of nitrogens with zero attached hydrogens (tertiary/aromatic N) is 1. The molecule has 20 heavy (non-hydrogen) atoms. The molecule has 0 atom stereocenters. The van der Waals surface area contributed by atoms with Crippen LogP contribution >= 0.6 is 0 Å². The number of carbonyl (C=O) groups is 1. The highest BCUT2D eigenvalue weighted by Crippen LogP contribution is 2.27. The Bertz CT molecular complexity index is 439. The van der Waals surface area contributed by atoms with Gasteiger partial charge in [-0.05, 0) is 43.7 Å². The van der Waals surface area contributed by atoms with Crippen molar-refractivity contribution in [2.24, 2.45) is 5.92 Å². The predicted octanol–water partition coefficient (Wildman–Crippen LogP) is 3.21. The summed E-state index contributed by atoms with van der Waals surface area (Å²) in [6, 6.07) is 3.89. The van der Waals surface area contributed by atoms with Crippen LogP contribution in [0.2, 0.25) is 0 Å². The number of anilines is 1. The summed E-state index contributed by atoms with van der Waals surface area (Å²) >= 11 is 0. The maximum Gasteiger partial charge on any atom is 0.251 e. The number of hydrogen-bond acceptors (Lipinski definition) is 3. The molecule has 4 heteroatoms. The molecule has 0 aliphatic heterocycles. The normalized spacial score (nSPS) is 22.3. The molecule has 0 radical (unpaired) electrons. The van der Waals surface area contributed by atoms with E-state index in [0.29, 0.717) is 11.6 Å². The summed E-state index contributed by atoms with van der Waals surface area (Å²) < 4.78 is 0. The summed E-state index contributed by atoms with van der Waals surface area (Å²) in [5.41, 5.74) is 0.681. The fraction of sp³-hybridized carbons (Fsp3) is 0.625. The molecule has 1 saturated carbocycles. The van der Waals surface area contributed by atoms with E-state index in [1.54, 1.807) is 25.4 Å². The van der Waals surface area contributed by atoms with Gasteiger partial charge in [0.1, 0.15) is 5.82 Å². The van der Waals surface area contributed by atoms with Crippen molar-refractivity contribution in [1.29, 1.82) is 0 Å². The third-order valence-corrected chi connectivity index (χ3v) is 4.16. The first-order valence-corrected chi connectivity index (χ1v) is 7.67. The van der Waals surface area contributed by atoms with Gasteiger partial charge in [0.25, 0.3) is 5.91 Å². The maximum absolute atomic E-state index is 12.2. The molecule has 0 spiro atoms. The summed E-state index contributed by atoms with van der Waals surface area (Å²) in [4.78, 5) is 16.3. The summed E-state index contributed by atoms with van der Waals surface area (Å²) in [5.74, 6) is 1.61. The van der Waals surface area contributed by atoms with Gasteiger partial charge in [0.05, 0.1) is 0 Å². The number of pyridine rings is 1. The summed E-state index contributed by atoms with van der Waals surface area (Å²) in [6.07, 6.45) is 8.98. The van der Waals surface area contributed by atoms with Crippen molar-refractivity contribution in [3.63, 3.8) is 0 Å². The van der Waals surface area contributed by atoms with Gasteiger partial charge in [-0.25, -0.2) is 4.98 Å². The number of carbonyl (C=O) groups excluding carboxylic acids is 1. The van der Waals surface area contributed by atoms with Crippen LogP contribution in [0.25, 0.3) is 0 Å². The number of amides is 1. The highest BCUT2D eigenvalue weighted by atomic mass is 16.1. The van der Waals surface area contributed by atoms with Crippen LogP contribution < -0.4 is 10.6 Å². The lowest BCUT2D eigenvalue weighted by Gasteiger charge is -2.29. The summed E-state index contributed by atoms with van der Waals surface area (Å²) in [7, 11) is 1.80. The topological polar surface area (TPSA) is 54.0 Å². The Hall–Kier alpha value is -1.58. The van der Waals surface area contributed by atoms with E-state index in [1.165, 1.54) is 25.7 Å². The molecule has 0 unspecified atom stereocenters. The summed E-state index contributed by atoms with van der Waals surface area (Å²) in [6.45, 7) is 2.25. The second-order valence-electron chi connectivity index (χ2n) is 5.66. The van der Waals surface area contributed by atoms with Crippen LogP contribution in [-0.4, -0.2) is 24.0 Å². The van der Waals surface area contributed by atoms with E-state index in [-0.39, 0.29) is 5.91 Å². The highest BCUT2D eigenvalue weighted by molar-refractivity contribution is 5.94. The Kier molecular flexibility index (Phi) is 5.39. The van der Waals surface area contributed by atoms with Crippen molar-refractivity contribution in [2.75, 3.05) is 12.4 Å². The molecule has 1 fully saturated rings. The number of aromatic nitrogens is 1. The molecule has 1 heterocycles. The Morgan fingerprint density at radius 1 is 1.35 bits per heavy atom. The average molecular weight is 275 g/mol. The van der Waals surface area contributed by atoms with E-state index in [9.17, 15) is 4.79 Å². The lowest BCUT2D eigenvalue weighted by Crippen LogP contribution is -2.37. The van der Waals surface area contributed by atoms with Gasteiger partial charge in [0.15, 0.2) is 0 Å². The molecule has 1 aliphatic rings. The molecule has 1 amide bonds. The lowest BCUT2D eigenvalue weighted by atomic mass is 9.83. The van der Waals surface area contributed by atoms with Gasteiger partial charge in [-0.2, -0.15) is 0 Å². The van der Waals surface area contributed by atoms with Crippen LogP contribution in [0.1, 0.15) is 55.8 Å². The fourth-order valence-corrected chi connectivity index (χ4v) is 2.98. The van der Waals surface area contributed by atoms with E-state index >= 15 is 0 Å². The van der Waals surface area contributed by atoms with Crippen LogP contribution in [-0.2, 0) is 0 Å². The van der Waals surface area contributed by atoms with Gasteiger partial charge < -0.3 is 10.6 Å². The van der Waals surface area contributed by atoms with E-state index in [0.717, 1.165) is 24.6 Å². The monoisotopic (exact) mass is 275 g/mol. The van der Waals surface area contributed by atoms with Crippen molar-refractivity contribution < 1.29 is 4.79 Å². The second kappa shape index (κ2) is 7.27. The zero-order chi connectivity index (χ0) is 14.4. The van der Waals surface area contributed by atoms with E-state index in [4.69, 9.17) is 0 Å². The average Bonchev–Trinajstić information content (AvgIpc) is 2.49. The standard InChI is InChI=1S/C16H25N3O/c1-3-4-12-5-7-14(8-6-12)19-16(20)13-9-10-18-15(11-13)17-2/h9-12,14H,3-8H2,1-2H3,(H,17,18)(H,19,20). The van der Waals surface area contributed by atoms with Crippen LogP contribution in [0.5, 0.6) is 0 Å². The molecule has 1 aromatic heterocycles. The van der Waals surface area contributed by atoms with Gasteiger partial charge in [-0.15, -0.1) is 0 Å². The first-order chi connectivity index (χ1) is 9.72. The molecule has 2 rings (SSSR count). The number of hydrogen-bond donors (Lipinski definition) is 2. The minimum absolute atomic E-state index is 0.0165. The SMILES string of the molecule is CCCC1CCC(NC(=O)c2ccnc(NC)c2)CC1. The Labute approximate surface area is 121 Å². The van der Waals surface area contributed by atoms with Crippen LogP contribution in [0.3, 0.4) is 0 Å². The first kappa shape index (κ1) is 14.8. The maximum atomic E-state index is 12.2. The molecule has 0 saturated heterocycles. The van der Waals surface area contributed by atoms with Crippen LogP contribution in [0.4, 0.5) is 5.82 Å². The van der Waals surface area contributed by atoms with Gasteiger partial charge >= 0.3 is 0 Å². The third-order valence-electron chi connectivity index (χ3n) is 4.16. The van der Waals surface area contributed by atoms with Gasteiger partial charge in [-0.1, -0.05) is 19.8 Å². The summed E-state index contributed by atoms with van der Waals surface area (Å²) in [5, 5.41) is 6.11. The van der Waals surface area contributed by atoms with Crippen molar-refractivity contribution in [1.82, 2.24) is 10.3 Å². The van der Waals surface area contributed by atoms with Crippen molar-refractivity contribution in [3.8, 4) is 0 Å².